The van der Waals surface area contributed by atoms with E-state index in [0.717, 1.165) is 36.0 Å². The first-order valence-corrected chi connectivity index (χ1v) is 6.76. The second-order valence-electron chi connectivity index (χ2n) is 4.11. The molecular weight excluding hydrogens is 301 g/mol. The molecule has 21 heavy (non-hydrogen) atoms. The lowest BCUT2D eigenvalue weighted by molar-refractivity contribution is 0.0696. The number of hydrogen-bond donors (Lipinski definition) is 1. The fraction of sp³-hybridized carbons (Fsp3) is 0.154. The van der Waals surface area contributed by atoms with Crippen LogP contribution in [0.4, 0.5) is 4.39 Å². The van der Waals surface area contributed by atoms with Gasteiger partial charge < -0.3 is 9.63 Å². The van der Waals surface area contributed by atoms with Crippen molar-refractivity contribution in [3.8, 4) is 0 Å². The third-order valence-electron chi connectivity index (χ3n) is 2.52. The summed E-state index contributed by atoms with van der Waals surface area (Å²) in [4.78, 5) is 34.0. The Labute approximate surface area is 122 Å². The van der Waals surface area contributed by atoms with Gasteiger partial charge in [0.15, 0.2) is 0 Å². The van der Waals surface area contributed by atoms with Crippen molar-refractivity contribution in [1.29, 1.82) is 0 Å². The molecule has 2 rings (SSSR count). The summed E-state index contributed by atoms with van der Waals surface area (Å²) in [5, 5.41) is 8.84. The van der Waals surface area contributed by atoms with Gasteiger partial charge in [-0.25, -0.2) is 9.18 Å². The van der Waals surface area contributed by atoms with E-state index in [-0.39, 0.29) is 22.0 Å². The minimum absolute atomic E-state index is 0.0135. The number of nitrogens with zero attached hydrogens (tertiary/aromatic N) is 1. The van der Waals surface area contributed by atoms with Gasteiger partial charge in [0, 0.05) is 11.0 Å². The molecule has 0 radical (unpaired) electrons. The smallest absolute Gasteiger partial charge is 0.335 e. The molecule has 1 heterocycles. The molecule has 0 fully saturated rings. The third-order valence-corrected chi connectivity index (χ3v) is 3.53. The van der Waals surface area contributed by atoms with Crippen molar-refractivity contribution in [2.45, 2.75) is 11.8 Å². The highest BCUT2D eigenvalue weighted by molar-refractivity contribution is 8.00. The maximum Gasteiger partial charge on any atom is 0.335 e. The second-order valence-corrected chi connectivity index (χ2v) is 5.13. The zero-order chi connectivity index (χ0) is 15.6. The molecule has 0 aliphatic heterocycles. The van der Waals surface area contributed by atoms with Crippen molar-refractivity contribution in [2.75, 3.05) is 5.75 Å². The summed E-state index contributed by atoms with van der Waals surface area (Å²) < 4.78 is 19.0. The highest BCUT2D eigenvalue weighted by Gasteiger charge is 2.15. The number of carbonyl (C=O) groups is 2. The zero-order valence-electron chi connectivity index (χ0n) is 10.8. The lowest BCUT2D eigenvalue weighted by Crippen LogP contribution is -2.23. The van der Waals surface area contributed by atoms with Gasteiger partial charge in [0.25, 0.3) is 11.5 Å². The number of thioether (sulfide) groups is 1. The fourth-order valence-electron chi connectivity index (χ4n) is 1.57. The molecule has 1 aromatic heterocycles. The van der Waals surface area contributed by atoms with E-state index in [4.69, 9.17) is 9.63 Å². The van der Waals surface area contributed by atoms with Gasteiger partial charge in [0.05, 0.1) is 11.3 Å². The Morgan fingerprint density at radius 2 is 2.10 bits per heavy atom. The van der Waals surface area contributed by atoms with Crippen molar-refractivity contribution >= 4 is 23.6 Å². The Morgan fingerprint density at radius 1 is 1.38 bits per heavy atom. The van der Waals surface area contributed by atoms with Crippen LogP contribution in [0.1, 0.15) is 20.9 Å². The average Bonchev–Trinajstić information content (AvgIpc) is 2.76. The SMILES string of the molecule is Cc1cc(=O)n(C(=O)CSc2cc(C(=O)O)ccc2F)o1. The van der Waals surface area contributed by atoms with Crippen molar-refractivity contribution < 1.29 is 23.6 Å². The third kappa shape index (κ3) is 3.40. The maximum atomic E-state index is 13.6. The van der Waals surface area contributed by atoms with Crippen molar-refractivity contribution in [2.24, 2.45) is 0 Å². The molecule has 110 valence electrons. The summed E-state index contributed by atoms with van der Waals surface area (Å²) in [5.74, 6) is -2.45. The molecule has 8 heteroatoms. The molecule has 0 bridgehead atoms. The van der Waals surface area contributed by atoms with E-state index in [1.54, 1.807) is 0 Å². The normalized spacial score (nSPS) is 10.6. The predicted molar refractivity (Wildman–Crippen MR) is 72.4 cm³/mol. The Kier molecular flexibility index (Phi) is 4.27. The summed E-state index contributed by atoms with van der Waals surface area (Å²) in [5.41, 5.74) is -0.685. The molecule has 0 atom stereocenters. The first-order valence-electron chi connectivity index (χ1n) is 5.77. The minimum atomic E-state index is -1.19. The molecule has 0 aliphatic carbocycles. The lowest BCUT2D eigenvalue weighted by Gasteiger charge is -2.04. The Bertz CT molecular complexity index is 764. The van der Waals surface area contributed by atoms with E-state index in [9.17, 15) is 18.8 Å². The minimum Gasteiger partial charge on any atom is -0.478 e. The topological polar surface area (TPSA) is 89.5 Å². The molecule has 0 aliphatic rings. The molecular formula is C13H10FNO5S. The molecule has 0 saturated carbocycles. The number of halogens is 1. The van der Waals surface area contributed by atoms with Crippen molar-refractivity contribution in [3.63, 3.8) is 0 Å². The van der Waals surface area contributed by atoms with Crippen molar-refractivity contribution in [3.05, 3.63) is 51.8 Å². The lowest BCUT2D eigenvalue weighted by atomic mass is 10.2. The van der Waals surface area contributed by atoms with Gasteiger partial charge in [-0.2, -0.15) is 0 Å². The van der Waals surface area contributed by atoms with E-state index >= 15 is 0 Å². The molecule has 0 saturated heterocycles. The maximum absolute atomic E-state index is 13.6. The molecule has 0 amide bonds. The number of hydrogen-bond acceptors (Lipinski definition) is 5. The first-order chi connectivity index (χ1) is 9.88. The number of carbonyl (C=O) groups excluding carboxylic acids is 1. The van der Waals surface area contributed by atoms with Gasteiger partial charge in [-0.15, -0.1) is 16.5 Å². The van der Waals surface area contributed by atoms with Crippen molar-refractivity contribution in [1.82, 2.24) is 4.74 Å². The number of aromatic carboxylic acids is 1. The number of carboxylic acid groups (broad SMARTS) is 1. The Morgan fingerprint density at radius 3 is 2.67 bits per heavy atom. The molecule has 0 unspecified atom stereocenters. The van der Waals surface area contributed by atoms with Crippen LogP contribution >= 0.6 is 11.8 Å². The van der Waals surface area contributed by atoms with Gasteiger partial charge in [-0.3, -0.25) is 9.59 Å². The quantitative estimate of drug-likeness (QED) is 0.869. The summed E-state index contributed by atoms with van der Waals surface area (Å²) >= 11 is 0.792. The highest BCUT2D eigenvalue weighted by atomic mass is 32.2. The molecule has 6 nitrogen and oxygen atoms in total. The van der Waals surface area contributed by atoms with E-state index in [0.29, 0.717) is 4.74 Å². The summed E-state index contributed by atoms with van der Waals surface area (Å²) in [6, 6.07) is 4.43. The summed E-state index contributed by atoms with van der Waals surface area (Å²) in [6.07, 6.45) is 0. The molecule has 1 N–H and O–H groups in total. The zero-order valence-corrected chi connectivity index (χ0v) is 11.6. The van der Waals surface area contributed by atoms with Gasteiger partial charge in [0.1, 0.15) is 11.6 Å². The molecule has 2 aromatic rings. The highest BCUT2D eigenvalue weighted by Crippen LogP contribution is 2.23. The largest absolute Gasteiger partial charge is 0.478 e. The van der Waals surface area contributed by atoms with Crippen LogP contribution in [0.25, 0.3) is 0 Å². The number of aryl methyl sites for hydroxylation is 1. The van der Waals surface area contributed by atoms with E-state index < -0.39 is 23.3 Å². The fourth-order valence-corrected chi connectivity index (χ4v) is 2.38. The number of benzene rings is 1. The van der Waals surface area contributed by atoms with E-state index in [1.807, 2.05) is 0 Å². The van der Waals surface area contributed by atoms with Crippen LogP contribution in [0.5, 0.6) is 0 Å². The second kappa shape index (κ2) is 5.96. The van der Waals surface area contributed by atoms with Crippen LogP contribution in [0.3, 0.4) is 0 Å². The van der Waals surface area contributed by atoms with Crippen LogP contribution in [-0.2, 0) is 0 Å². The Balaban J connectivity index is 2.14. The average molecular weight is 311 g/mol. The van der Waals surface area contributed by atoms with Crippen LogP contribution in [0.15, 0.2) is 38.5 Å². The van der Waals surface area contributed by atoms with E-state index in [1.165, 1.54) is 6.92 Å². The number of rotatable bonds is 4. The number of aromatic nitrogens is 1. The summed E-state index contributed by atoms with van der Waals surface area (Å²) in [7, 11) is 0. The van der Waals surface area contributed by atoms with Gasteiger partial charge in [-0.1, -0.05) is 0 Å². The summed E-state index contributed by atoms with van der Waals surface area (Å²) in [6.45, 7) is 1.52. The van der Waals surface area contributed by atoms with Crippen LogP contribution < -0.4 is 5.56 Å². The predicted octanol–water partition coefficient (Wildman–Crippen LogP) is 2.02. The van der Waals surface area contributed by atoms with Gasteiger partial charge in [-0.05, 0) is 25.1 Å². The monoisotopic (exact) mass is 311 g/mol. The van der Waals surface area contributed by atoms with Gasteiger partial charge in [0.2, 0.25) is 0 Å². The van der Waals surface area contributed by atoms with Crippen LogP contribution in [-0.4, -0.2) is 27.5 Å². The number of carboxylic acids is 1. The Hall–Kier alpha value is -2.35. The van der Waals surface area contributed by atoms with Crippen LogP contribution in [0.2, 0.25) is 0 Å². The molecule has 0 spiro atoms. The molecule has 1 aromatic carbocycles. The van der Waals surface area contributed by atoms with Gasteiger partial charge >= 0.3 is 5.97 Å². The van der Waals surface area contributed by atoms with E-state index in [2.05, 4.69) is 0 Å². The van der Waals surface area contributed by atoms with Crippen LogP contribution in [0, 0.1) is 12.7 Å². The first kappa shape index (κ1) is 15.0. The standard InChI is InChI=1S/C13H10FNO5S/c1-7-4-11(16)15(20-7)12(17)6-21-10-5-8(13(18)19)2-3-9(10)14/h2-5H,6H2,1H3,(H,18,19).